The molecule has 1 aliphatic rings. The number of piperidine rings is 1. The fraction of sp³-hybridized carbons (Fsp3) is 0.375. The molecule has 1 aliphatic heterocycles. The van der Waals surface area contributed by atoms with Crippen molar-refractivity contribution < 1.29 is 9.13 Å². The van der Waals surface area contributed by atoms with Crippen LogP contribution in [0.25, 0.3) is 16.9 Å². The van der Waals surface area contributed by atoms with E-state index in [0.717, 1.165) is 48.7 Å². The fourth-order valence-electron chi connectivity index (χ4n) is 4.21. The van der Waals surface area contributed by atoms with E-state index in [0.29, 0.717) is 5.92 Å². The highest BCUT2D eigenvalue weighted by molar-refractivity contribution is 5.63. The Morgan fingerprint density at radius 2 is 2.03 bits per heavy atom. The van der Waals surface area contributed by atoms with Crippen LogP contribution in [0.4, 0.5) is 4.39 Å². The number of nitrogens with zero attached hydrogens (tertiary/aromatic N) is 3. The van der Waals surface area contributed by atoms with Gasteiger partial charge in [0.2, 0.25) is 0 Å². The van der Waals surface area contributed by atoms with Crippen molar-refractivity contribution in [3.63, 3.8) is 0 Å². The number of hydrogen-bond donors (Lipinski definition) is 0. The lowest BCUT2D eigenvalue weighted by Gasteiger charge is -2.32. The summed E-state index contributed by atoms with van der Waals surface area (Å²) in [6.07, 6.45) is 4.48. The molecular formula is C24H28FN3O. The molecule has 5 heteroatoms. The first-order chi connectivity index (χ1) is 14.1. The number of hydrogen-bond acceptors (Lipinski definition) is 3. The quantitative estimate of drug-likeness (QED) is 0.600. The van der Waals surface area contributed by atoms with E-state index in [-0.39, 0.29) is 5.82 Å². The number of halogens is 1. The molecule has 29 heavy (non-hydrogen) atoms. The first kappa shape index (κ1) is 19.8. The second kappa shape index (κ2) is 8.89. The summed E-state index contributed by atoms with van der Waals surface area (Å²) in [6, 6.07) is 15.0. The summed E-state index contributed by atoms with van der Waals surface area (Å²) in [5.41, 5.74) is 4.99. The van der Waals surface area contributed by atoms with Crippen molar-refractivity contribution in [2.45, 2.75) is 26.3 Å². The number of rotatable bonds is 6. The van der Waals surface area contributed by atoms with E-state index in [1.807, 2.05) is 16.8 Å². The standard InChI is InChI=1S/C24H28FN3O/c1-18-6-3-10-23(12-18)28-16-21(15-27-11-5-7-19(14-27)17-29-2)24(26-28)20-8-4-9-22(25)13-20/h3-4,6,8-10,12-13,16,19H,5,7,11,14-15,17H2,1-2H3/t19-/m0/s1. The Hall–Kier alpha value is -2.50. The lowest BCUT2D eigenvalue weighted by molar-refractivity contribution is 0.0874. The fourth-order valence-corrected chi connectivity index (χ4v) is 4.21. The highest BCUT2D eigenvalue weighted by Crippen LogP contribution is 2.27. The van der Waals surface area contributed by atoms with Crippen molar-refractivity contribution in [2.24, 2.45) is 5.92 Å². The van der Waals surface area contributed by atoms with Gasteiger partial charge in [-0.1, -0.05) is 24.3 Å². The van der Waals surface area contributed by atoms with Crippen LogP contribution in [0.5, 0.6) is 0 Å². The van der Waals surface area contributed by atoms with E-state index >= 15 is 0 Å². The summed E-state index contributed by atoms with van der Waals surface area (Å²) in [6.45, 7) is 5.77. The van der Waals surface area contributed by atoms with Crippen LogP contribution in [-0.2, 0) is 11.3 Å². The van der Waals surface area contributed by atoms with Gasteiger partial charge in [0.25, 0.3) is 0 Å². The van der Waals surface area contributed by atoms with Crippen LogP contribution in [0.3, 0.4) is 0 Å². The molecule has 1 fully saturated rings. The summed E-state index contributed by atoms with van der Waals surface area (Å²) >= 11 is 0. The molecule has 3 aromatic rings. The Morgan fingerprint density at radius 3 is 2.83 bits per heavy atom. The number of ether oxygens (including phenoxy) is 1. The zero-order valence-corrected chi connectivity index (χ0v) is 17.1. The zero-order valence-electron chi connectivity index (χ0n) is 17.1. The molecule has 4 nitrogen and oxygen atoms in total. The van der Waals surface area contributed by atoms with Crippen LogP contribution in [-0.4, -0.2) is 41.5 Å². The van der Waals surface area contributed by atoms with E-state index < -0.39 is 0 Å². The van der Waals surface area contributed by atoms with Crippen LogP contribution in [0, 0.1) is 18.7 Å². The summed E-state index contributed by atoms with van der Waals surface area (Å²) < 4.78 is 21.2. The molecule has 2 heterocycles. The average molecular weight is 394 g/mol. The van der Waals surface area contributed by atoms with Gasteiger partial charge in [0.05, 0.1) is 18.0 Å². The molecule has 2 aromatic carbocycles. The molecule has 1 saturated heterocycles. The van der Waals surface area contributed by atoms with E-state index in [9.17, 15) is 4.39 Å². The van der Waals surface area contributed by atoms with E-state index in [1.54, 1.807) is 19.2 Å². The molecule has 1 atom stereocenters. The van der Waals surface area contributed by atoms with Crippen LogP contribution >= 0.6 is 0 Å². The van der Waals surface area contributed by atoms with E-state index in [2.05, 4.69) is 36.2 Å². The molecule has 0 amide bonds. The van der Waals surface area contributed by atoms with Crippen LogP contribution in [0.1, 0.15) is 24.0 Å². The molecule has 0 aliphatic carbocycles. The first-order valence-corrected chi connectivity index (χ1v) is 10.2. The number of methoxy groups -OCH3 is 1. The van der Waals surface area contributed by atoms with Crippen LogP contribution < -0.4 is 0 Å². The van der Waals surface area contributed by atoms with Crippen molar-refractivity contribution >= 4 is 0 Å². The van der Waals surface area contributed by atoms with Gasteiger partial charge < -0.3 is 4.74 Å². The van der Waals surface area contributed by atoms with E-state index in [4.69, 9.17) is 9.84 Å². The third kappa shape index (κ3) is 4.74. The molecule has 0 unspecified atom stereocenters. The molecule has 0 N–H and O–H groups in total. The molecule has 0 saturated carbocycles. The summed E-state index contributed by atoms with van der Waals surface area (Å²) in [5, 5.41) is 4.85. The first-order valence-electron chi connectivity index (χ1n) is 10.2. The Morgan fingerprint density at radius 1 is 1.17 bits per heavy atom. The average Bonchev–Trinajstić information content (AvgIpc) is 3.12. The van der Waals surface area contributed by atoms with E-state index in [1.165, 1.54) is 24.5 Å². The maximum atomic E-state index is 13.9. The maximum Gasteiger partial charge on any atom is 0.123 e. The topological polar surface area (TPSA) is 30.3 Å². The van der Waals surface area contributed by atoms with Gasteiger partial charge >= 0.3 is 0 Å². The number of likely N-dealkylation sites (tertiary alicyclic amines) is 1. The smallest absolute Gasteiger partial charge is 0.123 e. The summed E-state index contributed by atoms with van der Waals surface area (Å²) in [7, 11) is 1.77. The van der Waals surface area contributed by atoms with Gasteiger partial charge in [0.15, 0.2) is 0 Å². The summed E-state index contributed by atoms with van der Waals surface area (Å²) in [5.74, 6) is 0.329. The third-order valence-electron chi connectivity index (χ3n) is 5.55. The second-order valence-corrected chi connectivity index (χ2v) is 8.00. The molecular weight excluding hydrogens is 365 g/mol. The largest absolute Gasteiger partial charge is 0.384 e. The van der Waals surface area contributed by atoms with Gasteiger partial charge in [-0.05, 0) is 62.1 Å². The molecule has 152 valence electrons. The van der Waals surface area contributed by atoms with Gasteiger partial charge in [-0.2, -0.15) is 5.10 Å². The highest BCUT2D eigenvalue weighted by atomic mass is 19.1. The van der Waals surface area contributed by atoms with Gasteiger partial charge in [0, 0.05) is 37.5 Å². The lowest BCUT2D eigenvalue weighted by Crippen LogP contribution is -2.36. The Labute approximate surface area is 171 Å². The molecule has 0 bridgehead atoms. The predicted molar refractivity (Wildman–Crippen MR) is 114 cm³/mol. The van der Waals surface area contributed by atoms with Gasteiger partial charge in [-0.15, -0.1) is 0 Å². The third-order valence-corrected chi connectivity index (χ3v) is 5.55. The maximum absolute atomic E-state index is 13.9. The minimum absolute atomic E-state index is 0.239. The van der Waals surface area contributed by atoms with Gasteiger partial charge in [-0.25, -0.2) is 9.07 Å². The van der Waals surface area contributed by atoms with Crippen LogP contribution in [0.2, 0.25) is 0 Å². The molecule has 0 spiro atoms. The van der Waals surface area contributed by atoms with Crippen molar-refractivity contribution in [3.8, 4) is 16.9 Å². The van der Waals surface area contributed by atoms with Crippen molar-refractivity contribution in [3.05, 3.63) is 71.7 Å². The SMILES string of the molecule is COC[C@H]1CCCN(Cc2cn(-c3cccc(C)c3)nc2-c2cccc(F)c2)C1. The molecule has 1 aromatic heterocycles. The zero-order chi connectivity index (χ0) is 20.2. The van der Waals surface area contributed by atoms with Crippen LogP contribution in [0.15, 0.2) is 54.7 Å². The van der Waals surface area contributed by atoms with Crippen molar-refractivity contribution in [2.75, 3.05) is 26.8 Å². The molecule has 0 radical (unpaired) electrons. The molecule has 4 rings (SSSR count). The number of aryl methyl sites for hydroxylation is 1. The Kier molecular flexibility index (Phi) is 6.07. The minimum Gasteiger partial charge on any atom is -0.384 e. The second-order valence-electron chi connectivity index (χ2n) is 8.00. The summed E-state index contributed by atoms with van der Waals surface area (Å²) in [4.78, 5) is 2.47. The van der Waals surface area contributed by atoms with Gasteiger partial charge in [0.1, 0.15) is 5.82 Å². The number of benzene rings is 2. The predicted octanol–water partition coefficient (Wildman–Crippen LogP) is 4.85. The normalized spacial score (nSPS) is 17.6. The number of aromatic nitrogens is 2. The van der Waals surface area contributed by atoms with Gasteiger partial charge in [-0.3, -0.25) is 4.90 Å². The lowest BCUT2D eigenvalue weighted by atomic mass is 9.98. The Bertz CT molecular complexity index is 966. The Balaban J connectivity index is 1.67. The monoisotopic (exact) mass is 393 g/mol. The highest BCUT2D eigenvalue weighted by Gasteiger charge is 2.22. The van der Waals surface area contributed by atoms with Crippen molar-refractivity contribution in [1.29, 1.82) is 0 Å². The van der Waals surface area contributed by atoms with Crippen molar-refractivity contribution in [1.82, 2.24) is 14.7 Å². The minimum atomic E-state index is -0.239.